The second kappa shape index (κ2) is 4.71. The van der Waals surface area contributed by atoms with E-state index in [1.807, 2.05) is 6.07 Å². The molecule has 1 atom stereocenters. The van der Waals surface area contributed by atoms with E-state index in [4.69, 9.17) is 23.2 Å². The number of aromatic nitrogens is 2. The Morgan fingerprint density at radius 2 is 2.09 bits per heavy atom. The van der Waals surface area contributed by atoms with Crippen molar-refractivity contribution in [3.8, 4) is 0 Å². The predicted molar refractivity (Wildman–Crippen MR) is 88.0 cm³/mol. The summed E-state index contributed by atoms with van der Waals surface area (Å²) in [6, 6.07) is 8.52. The zero-order chi connectivity index (χ0) is 16.4. The average molecular weight is 348 g/mol. The van der Waals surface area contributed by atoms with Crippen LogP contribution in [0.25, 0.3) is 5.65 Å². The van der Waals surface area contributed by atoms with Crippen LogP contribution in [0.15, 0.2) is 36.5 Å². The first-order valence-corrected chi connectivity index (χ1v) is 7.66. The van der Waals surface area contributed by atoms with E-state index in [0.717, 1.165) is 0 Å². The van der Waals surface area contributed by atoms with Gasteiger partial charge < -0.3 is 10.4 Å². The summed E-state index contributed by atoms with van der Waals surface area (Å²) in [7, 11) is 0. The molecule has 2 N–H and O–H groups in total. The zero-order valence-corrected chi connectivity index (χ0v) is 13.5. The lowest BCUT2D eigenvalue weighted by Crippen LogP contribution is -2.37. The summed E-state index contributed by atoms with van der Waals surface area (Å²) < 4.78 is 1.69. The first-order valence-electron chi connectivity index (χ1n) is 6.90. The number of pyridine rings is 1. The molecule has 1 amide bonds. The molecule has 116 valence electrons. The lowest BCUT2D eigenvalue weighted by molar-refractivity contribution is -0.130. The molecular weight excluding hydrogens is 337 g/mol. The molecule has 7 heteroatoms. The number of imidazole rings is 1. The van der Waals surface area contributed by atoms with Gasteiger partial charge in [-0.1, -0.05) is 29.3 Å². The maximum absolute atomic E-state index is 12.6. The monoisotopic (exact) mass is 347 g/mol. The average Bonchev–Trinajstić information content (AvgIpc) is 2.96. The molecule has 0 aliphatic carbocycles. The van der Waals surface area contributed by atoms with Crippen molar-refractivity contribution in [1.82, 2.24) is 9.38 Å². The van der Waals surface area contributed by atoms with Crippen LogP contribution in [-0.4, -0.2) is 20.4 Å². The highest BCUT2D eigenvalue weighted by molar-refractivity contribution is 6.37. The van der Waals surface area contributed by atoms with Gasteiger partial charge in [0.15, 0.2) is 0 Å². The number of nitrogens with one attached hydrogen (secondary N) is 1. The third-order valence-corrected chi connectivity index (χ3v) is 4.58. The summed E-state index contributed by atoms with van der Waals surface area (Å²) in [6.45, 7) is 1.75. The van der Waals surface area contributed by atoms with Crippen LogP contribution in [0, 0.1) is 6.92 Å². The highest BCUT2D eigenvalue weighted by Crippen LogP contribution is 2.46. The van der Waals surface area contributed by atoms with Crippen LogP contribution < -0.4 is 5.32 Å². The van der Waals surface area contributed by atoms with Crippen molar-refractivity contribution in [2.75, 3.05) is 5.32 Å². The molecule has 0 bridgehead atoms. The minimum absolute atomic E-state index is 0.281. The van der Waals surface area contributed by atoms with Crippen molar-refractivity contribution in [2.45, 2.75) is 12.5 Å². The molecule has 0 spiro atoms. The molecule has 1 unspecified atom stereocenters. The number of hydrogen-bond acceptors (Lipinski definition) is 3. The van der Waals surface area contributed by atoms with E-state index in [1.54, 1.807) is 35.7 Å². The van der Waals surface area contributed by atoms with Crippen molar-refractivity contribution >= 4 is 40.4 Å². The molecule has 0 fully saturated rings. The summed E-state index contributed by atoms with van der Waals surface area (Å²) in [5.41, 5.74) is 0.361. The number of halogens is 2. The summed E-state index contributed by atoms with van der Waals surface area (Å²) in [4.78, 5) is 17.0. The van der Waals surface area contributed by atoms with Crippen LogP contribution in [0.2, 0.25) is 10.0 Å². The summed E-state index contributed by atoms with van der Waals surface area (Å²) >= 11 is 12.2. The van der Waals surface area contributed by atoms with E-state index >= 15 is 0 Å². The van der Waals surface area contributed by atoms with Gasteiger partial charge in [-0.05, 0) is 31.2 Å². The normalized spacial score (nSPS) is 19.9. The molecule has 1 aromatic carbocycles. The molecule has 3 aromatic rings. The molecule has 1 aliphatic rings. The molecule has 5 nitrogen and oxygen atoms in total. The minimum atomic E-state index is -1.91. The van der Waals surface area contributed by atoms with Gasteiger partial charge in [-0.2, -0.15) is 0 Å². The number of carbonyl (C=O) groups excluding carboxylic acids is 1. The van der Waals surface area contributed by atoms with Crippen molar-refractivity contribution < 1.29 is 9.90 Å². The van der Waals surface area contributed by atoms with Crippen LogP contribution in [0.3, 0.4) is 0 Å². The Labute approximate surface area is 141 Å². The number of hydrogen-bond donors (Lipinski definition) is 2. The van der Waals surface area contributed by atoms with Gasteiger partial charge in [-0.3, -0.25) is 9.20 Å². The van der Waals surface area contributed by atoms with E-state index < -0.39 is 11.5 Å². The van der Waals surface area contributed by atoms with Crippen molar-refractivity contribution in [3.05, 3.63) is 63.5 Å². The number of rotatable bonds is 1. The lowest BCUT2D eigenvalue weighted by atomic mass is 9.90. The third kappa shape index (κ3) is 1.84. The highest BCUT2D eigenvalue weighted by atomic mass is 35.5. The Morgan fingerprint density at radius 3 is 2.87 bits per heavy atom. The first kappa shape index (κ1) is 14.5. The van der Waals surface area contributed by atoms with Crippen LogP contribution in [0.4, 0.5) is 5.69 Å². The molecule has 23 heavy (non-hydrogen) atoms. The molecule has 4 rings (SSSR count). The van der Waals surface area contributed by atoms with Gasteiger partial charge in [0.2, 0.25) is 5.60 Å². The Morgan fingerprint density at radius 1 is 1.30 bits per heavy atom. The second-order valence-corrected chi connectivity index (χ2v) is 6.29. The fourth-order valence-corrected chi connectivity index (χ4v) is 3.64. The maximum atomic E-state index is 12.6. The van der Waals surface area contributed by atoms with Gasteiger partial charge in [-0.25, -0.2) is 4.98 Å². The summed E-state index contributed by atoms with van der Waals surface area (Å²) in [5.74, 6) is -0.578. The fraction of sp³-hybridized carbons (Fsp3) is 0.125. The molecule has 0 saturated carbocycles. The molecule has 2 aromatic heterocycles. The van der Waals surface area contributed by atoms with Gasteiger partial charge in [0.25, 0.3) is 5.91 Å². The summed E-state index contributed by atoms with van der Waals surface area (Å²) in [6.07, 6.45) is 1.75. The van der Waals surface area contributed by atoms with E-state index in [1.165, 1.54) is 6.07 Å². The SMILES string of the molecule is Cc1nc2ccccn2c1C1(O)C(=O)Nc2c(Cl)cc(Cl)cc21. The van der Waals surface area contributed by atoms with E-state index in [0.29, 0.717) is 33.3 Å². The van der Waals surface area contributed by atoms with Gasteiger partial charge >= 0.3 is 0 Å². The number of benzene rings is 1. The zero-order valence-electron chi connectivity index (χ0n) is 12.0. The largest absolute Gasteiger partial charge is 0.370 e. The van der Waals surface area contributed by atoms with E-state index in [9.17, 15) is 9.90 Å². The molecule has 3 heterocycles. The number of anilines is 1. The lowest BCUT2D eigenvalue weighted by Gasteiger charge is -2.22. The number of fused-ring (bicyclic) bond motifs is 2. The quantitative estimate of drug-likeness (QED) is 0.710. The molecule has 0 radical (unpaired) electrons. The highest BCUT2D eigenvalue weighted by Gasteiger charge is 2.50. The van der Waals surface area contributed by atoms with Gasteiger partial charge in [0.1, 0.15) is 5.65 Å². The topological polar surface area (TPSA) is 66.6 Å². The predicted octanol–water partition coefficient (Wildman–Crippen LogP) is 3.14. The Balaban J connectivity index is 2.09. The number of amides is 1. The van der Waals surface area contributed by atoms with Crippen LogP contribution in [0.5, 0.6) is 0 Å². The second-order valence-electron chi connectivity index (χ2n) is 5.45. The smallest absolute Gasteiger partial charge is 0.267 e. The van der Waals surface area contributed by atoms with Crippen molar-refractivity contribution in [2.24, 2.45) is 0 Å². The molecule has 1 aliphatic heterocycles. The Bertz CT molecular complexity index is 983. The minimum Gasteiger partial charge on any atom is -0.370 e. The number of nitrogens with zero attached hydrogens (tertiary/aromatic N) is 2. The number of aryl methyl sites for hydroxylation is 1. The Kier molecular flexibility index (Phi) is 2.97. The standard InChI is InChI=1S/C16H11Cl2N3O2/c1-8-14(21-5-3-2-4-12(21)19-8)16(23)10-6-9(17)7-11(18)13(10)20-15(16)22/h2-7,23H,1H3,(H,20,22). The van der Waals surface area contributed by atoms with Crippen LogP contribution >= 0.6 is 23.2 Å². The number of aliphatic hydroxyl groups is 1. The molecular formula is C16H11Cl2N3O2. The van der Waals surface area contributed by atoms with Gasteiger partial charge in [0.05, 0.1) is 22.1 Å². The first-order chi connectivity index (χ1) is 10.9. The van der Waals surface area contributed by atoms with E-state index in [-0.39, 0.29) is 5.02 Å². The Hall–Kier alpha value is -2.08. The van der Waals surface area contributed by atoms with Gasteiger partial charge in [-0.15, -0.1) is 0 Å². The van der Waals surface area contributed by atoms with Gasteiger partial charge in [0, 0.05) is 16.8 Å². The third-order valence-electron chi connectivity index (χ3n) is 4.06. The molecule has 0 saturated heterocycles. The van der Waals surface area contributed by atoms with E-state index in [2.05, 4.69) is 10.3 Å². The number of carbonyl (C=O) groups is 1. The van der Waals surface area contributed by atoms with Crippen molar-refractivity contribution in [3.63, 3.8) is 0 Å². The van der Waals surface area contributed by atoms with Crippen LogP contribution in [-0.2, 0) is 10.4 Å². The fourth-order valence-electron chi connectivity index (χ4n) is 3.10. The maximum Gasteiger partial charge on any atom is 0.267 e. The summed E-state index contributed by atoms with van der Waals surface area (Å²) in [5, 5.41) is 14.6. The van der Waals surface area contributed by atoms with Crippen LogP contribution in [0.1, 0.15) is 17.0 Å². The van der Waals surface area contributed by atoms with Crippen molar-refractivity contribution in [1.29, 1.82) is 0 Å².